The van der Waals surface area contributed by atoms with Crippen molar-refractivity contribution in [3.05, 3.63) is 48.0 Å². The van der Waals surface area contributed by atoms with Crippen molar-refractivity contribution in [1.82, 2.24) is 9.55 Å². The molecule has 0 saturated carbocycles. The number of hydrogen-bond donors (Lipinski definition) is 1. The van der Waals surface area contributed by atoms with Crippen LogP contribution in [0.2, 0.25) is 0 Å². The standard InChI is InChI=1S/C14H16F3N3/c1-11-7-12(14(15,16)17)9-13(8-11)19-3-2-5-20-6-4-18-10-20/h4,6-10,19H,2-3,5H2,1H3. The summed E-state index contributed by atoms with van der Waals surface area (Å²) in [6.45, 7) is 3.05. The Labute approximate surface area is 115 Å². The minimum atomic E-state index is -4.31. The van der Waals surface area contributed by atoms with Crippen molar-refractivity contribution in [1.29, 1.82) is 0 Å². The maximum absolute atomic E-state index is 12.7. The molecule has 1 heterocycles. The molecular formula is C14H16F3N3. The van der Waals surface area contributed by atoms with Crippen LogP contribution in [0.4, 0.5) is 18.9 Å². The van der Waals surface area contributed by atoms with Crippen molar-refractivity contribution in [3.63, 3.8) is 0 Å². The van der Waals surface area contributed by atoms with Gasteiger partial charge >= 0.3 is 6.18 Å². The zero-order valence-corrected chi connectivity index (χ0v) is 11.1. The van der Waals surface area contributed by atoms with Crippen molar-refractivity contribution in [2.24, 2.45) is 0 Å². The highest BCUT2D eigenvalue weighted by atomic mass is 19.4. The van der Waals surface area contributed by atoms with Crippen LogP contribution in [0.15, 0.2) is 36.9 Å². The summed E-state index contributed by atoms with van der Waals surface area (Å²) in [6.07, 6.45) is 1.78. The molecule has 1 N–H and O–H groups in total. The first-order valence-electron chi connectivity index (χ1n) is 6.33. The zero-order valence-electron chi connectivity index (χ0n) is 11.1. The van der Waals surface area contributed by atoms with Crippen molar-refractivity contribution >= 4 is 5.69 Å². The number of aromatic nitrogens is 2. The first kappa shape index (κ1) is 14.4. The number of benzene rings is 1. The van der Waals surface area contributed by atoms with E-state index >= 15 is 0 Å². The first-order chi connectivity index (χ1) is 9.45. The number of imidazole rings is 1. The monoisotopic (exact) mass is 283 g/mol. The molecule has 3 nitrogen and oxygen atoms in total. The van der Waals surface area contributed by atoms with Gasteiger partial charge in [0.1, 0.15) is 0 Å². The number of rotatable bonds is 5. The molecule has 0 fully saturated rings. The second-order valence-electron chi connectivity index (χ2n) is 4.67. The molecule has 0 radical (unpaired) electrons. The van der Waals surface area contributed by atoms with Gasteiger partial charge in [-0.05, 0) is 37.1 Å². The molecule has 6 heteroatoms. The number of halogens is 3. The molecule has 108 valence electrons. The van der Waals surface area contributed by atoms with Crippen LogP contribution in [-0.4, -0.2) is 16.1 Å². The predicted octanol–water partition coefficient (Wildman–Crippen LogP) is 3.71. The predicted molar refractivity (Wildman–Crippen MR) is 71.5 cm³/mol. The fourth-order valence-corrected chi connectivity index (χ4v) is 1.96. The van der Waals surface area contributed by atoms with E-state index in [0.717, 1.165) is 25.1 Å². The fourth-order valence-electron chi connectivity index (χ4n) is 1.96. The number of anilines is 1. The molecule has 20 heavy (non-hydrogen) atoms. The van der Waals surface area contributed by atoms with E-state index in [1.54, 1.807) is 25.5 Å². The van der Waals surface area contributed by atoms with E-state index in [1.807, 2.05) is 10.8 Å². The first-order valence-corrected chi connectivity index (χ1v) is 6.33. The molecule has 2 aromatic rings. The summed E-state index contributed by atoms with van der Waals surface area (Å²) in [6, 6.07) is 4.01. The van der Waals surface area contributed by atoms with Crippen LogP contribution < -0.4 is 5.32 Å². The molecule has 0 aliphatic heterocycles. The lowest BCUT2D eigenvalue weighted by Crippen LogP contribution is -2.09. The topological polar surface area (TPSA) is 29.9 Å². The lowest BCUT2D eigenvalue weighted by Gasteiger charge is -2.12. The average Bonchev–Trinajstić information content (AvgIpc) is 2.86. The number of alkyl halides is 3. The smallest absolute Gasteiger partial charge is 0.385 e. The third kappa shape index (κ3) is 4.01. The van der Waals surface area contributed by atoms with Gasteiger partial charge in [-0.25, -0.2) is 4.98 Å². The summed E-state index contributed by atoms with van der Waals surface area (Å²) in [5.41, 5.74) is 0.481. The summed E-state index contributed by atoms with van der Waals surface area (Å²) in [4.78, 5) is 3.93. The maximum atomic E-state index is 12.7. The lowest BCUT2D eigenvalue weighted by molar-refractivity contribution is -0.137. The molecular weight excluding hydrogens is 267 g/mol. The Morgan fingerprint density at radius 2 is 2.05 bits per heavy atom. The van der Waals surface area contributed by atoms with Crippen molar-refractivity contribution in [3.8, 4) is 0 Å². The van der Waals surface area contributed by atoms with Gasteiger partial charge in [-0.3, -0.25) is 0 Å². The molecule has 0 unspecified atom stereocenters. The Kier molecular flexibility index (Phi) is 4.32. The van der Waals surface area contributed by atoms with Gasteiger partial charge in [0.25, 0.3) is 0 Å². The second kappa shape index (κ2) is 5.98. The quantitative estimate of drug-likeness (QED) is 0.848. The average molecular weight is 283 g/mol. The van der Waals surface area contributed by atoms with Crippen molar-refractivity contribution in [2.75, 3.05) is 11.9 Å². The van der Waals surface area contributed by atoms with Gasteiger partial charge in [0.15, 0.2) is 0 Å². The molecule has 1 aromatic heterocycles. The highest BCUT2D eigenvalue weighted by molar-refractivity contribution is 5.49. The van der Waals surface area contributed by atoms with E-state index in [9.17, 15) is 13.2 Å². The Bertz CT molecular complexity index is 547. The van der Waals surface area contributed by atoms with E-state index in [-0.39, 0.29) is 0 Å². The Morgan fingerprint density at radius 1 is 1.25 bits per heavy atom. The van der Waals surface area contributed by atoms with E-state index in [1.165, 1.54) is 0 Å². The minimum absolute atomic E-state index is 0.503. The highest BCUT2D eigenvalue weighted by Gasteiger charge is 2.30. The largest absolute Gasteiger partial charge is 0.416 e. The van der Waals surface area contributed by atoms with E-state index in [4.69, 9.17) is 0 Å². The van der Waals surface area contributed by atoms with E-state index in [0.29, 0.717) is 17.8 Å². The van der Waals surface area contributed by atoms with Crippen molar-refractivity contribution in [2.45, 2.75) is 26.1 Å². The van der Waals surface area contributed by atoms with E-state index < -0.39 is 11.7 Å². The Balaban J connectivity index is 1.91. The van der Waals surface area contributed by atoms with Gasteiger partial charge in [-0.15, -0.1) is 0 Å². The normalized spacial score (nSPS) is 11.6. The Hall–Kier alpha value is -1.98. The number of hydrogen-bond acceptors (Lipinski definition) is 2. The summed E-state index contributed by atoms with van der Waals surface area (Å²) in [7, 11) is 0. The second-order valence-corrected chi connectivity index (χ2v) is 4.67. The molecule has 0 aliphatic rings. The molecule has 0 spiro atoms. The fraction of sp³-hybridized carbons (Fsp3) is 0.357. The van der Waals surface area contributed by atoms with Gasteiger partial charge in [0.05, 0.1) is 11.9 Å². The summed E-state index contributed by atoms with van der Waals surface area (Å²) < 4.78 is 40.0. The molecule has 0 amide bonds. The van der Waals surface area contributed by atoms with Crippen molar-refractivity contribution < 1.29 is 13.2 Å². The molecule has 2 rings (SSSR count). The molecule has 1 aromatic carbocycles. The Morgan fingerprint density at radius 3 is 2.70 bits per heavy atom. The number of nitrogens with zero attached hydrogens (tertiary/aromatic N) is 2. The summed E-state index contributed by atoms with van der Waals surface area (Å²) in [5.74, 6) is 0. The van der Waals surface area contributed by atoms with Gasteiger partial charge in [-0.2, -0.15) is 13.2 Å². The van der Waals surface area contributed by atoms with Crippen LogP contribution in [0.3, 0.4) is 0 Å². The maximum Gasteiger partial charge on any atom is 0.416 e. The molecule has 0 saturated heterocycles. The third-order valence-corrected chi connectivity index (χ3v) is 2.89. The summed E-state index contributed by atoms with van der Waals surface area (Å²) in [5, 5.41) is 3.03. The van der Waals surface area contributed by atoms with E-state index in [2.05, 4.69) is 10.3 Å². The van der Waals surface area contributed by atoms with Gasteiger partial charge in [0, 0.05) is 31.2 Å². The van der Waals surface area contributed by atoms with Crippen LogP contribution in [-0.2, 0) is 12.7 Å². The minimum Gasteiger partial charge on any atom is -0.385 e. The zero-order chi connectivity index (χ0) is 14.6. The van der Waals surface area contributed by atoms with Crippen LogP contribution in [0, 0.1) is 6.92 Å². The van der Waals surface area contributed by atoms with Gasteiger partial charge in [-0.1, -0.05) is 0 Å². The number of aryl methyl sites for hydroxylation is 2. The summed E-state index contributed by atoms with van der Waals surface area (Å²) >= 11 is 0. The highest BCUT2D eigenvalue weighted by Crippen LogP contribution is 2.31. The van der Waals surface area contributed by atoms with Crippen LogP contribution in [0.25, 0.3) is 0 Å². The lowest BCUT2D eigenvalue weighted by atomic mass is 10.1. The van der Waals surface area contributed by atoms with Crippen LogP contribution in [0.5, 0.6) is 0 Å². The third-order valence-electron chi connectivity index (χ3n) is 2.89. The van der Waals surface area contributed by atoms with Gasteiger partial charge < -0.3 is 9.88 Å². The number of nitrogens with one attached hydrogen (secondary N) is 1. The SMILES string of the molecule is Cc1cc(NCCCn2ccnc2)cc(C(F)(F)F)c1. The molecule has 0 atom stereocenters. The van der Waals surface area contributed by atoms with Crippen LogP contribution in [0.1, 0.15) is 17.5 Å². The van der Waals surface area contributed by atoms with Gasteiger partial charge in [0.2, 0.25) is 0 Å². The van der Waals surface area contributed by atoms with Crippen LogP contribution >= 0.6 is 0 Å². The molecule has 0 bridgehead atoms. The molecule has 0 aliphatic carbocycles.